The maximum Gasteiger partial charge on any atom is 0.333 e. The second-order valence-corrected chi connectivity index (χ2v) is 1.82. The summed E-state index contributed by atoms with van der Waals surface area (Å²) in [5.74, 6) is -1.11. The number of rotatable bonds is 4. The number of aliphatic carboxylic acids is 1. The molecule has 0 radical (unpaired) electrons. The monoisotopic (exact) mass is 146 g/mol. The van der Waals surface area contributed by atoms with Crippen molar-refractivity contribution in [3.63, 3.8) is 0 Å². The number of aliphatic hydroxyl groups is 1. The molecule has 1 atom stereocenters. The van der Waals surface area contributed by atoms with Crippen molar-refractivity contribution in [1.82, 2.24) is 0 Å². The SMILES string of the molecule is C=C(COC(C)O)C(=O)O. The highest BCUT2D eigenvalue weighted by molar-refractivity contribution is 5.85. The van der Waals surface area contributed by atoms with Crippen molar-refractivity contribution in [3.8, 4) is 0 Å². The summed E-state index contributed by atoms with van der Waals surface area (Å²) in [6.45, 7) is 4.44. The van der Waals surface area contributed by atoms with Crippen LogP contribution in [-0.2, 0) is 9.53 Å². The molecule has 0 spiro atoms. The molecule has 4 heteroatoms. The van der Waals surface area contributed by atoms with Crippen LogP contribution in [0.1, 0.15) is 6.92 Å². The van der Waals surface area contributed by atoms with Crippen LogP contribution in [0.15, 0.2) is 12.2 Å². The van der Waals surface area contributed by atoms with E-state index in [9.17, 15) is 4.79 Å². The average Bonchev–Trinajstić information content (AvgIpc) is 1.82. The Bertz CT molecular complexity index is 139. The van der Waals surface area contributed by atoms with Crippen LogP contribution < -0.4 is 0 Å². The second-order valence-electron chi connectivity index (χ2n) is 1.82. The first kappa shape index (κ1) is 9.13. The van der Waals surface area contributed by atoms with Gasteiger partial charge in [-0.15, -0.1) is 0 Å². The number of carbonyl (C=O) groups is 1. The maximum atomic E-state index is 10.1. The minimum Gasteiger partial charge on any atom is -0.478 e. The number of ether oxygens (including phenoxy) is 1. The number of hydrogen-bond donors (Lipinski definition) is 2. The molecule has 0 aromatic rings. The lowest BCUT2D eigenvalue weighted by atomic mass is 10.3. The lowest BCUT2D eigenvalue weighted by Crippen LogP contribution is -2.12. The van der Waals surface area contributed by atoms with Crippen molar-refractivity contribution in [2.75, 3.05) is 6.61 Å². The highest BCUT2D eigenvalue weighted by atomic mass is 16.6. The highest BCUT2D eigenvalue weighted by Gasteiger charge is 2.04. The van der Waals surface area contributed by atoms with E-state index in [-0.39, 0.29) is 12.2 Å². The van der Waals surface area contributed by atoms with Crippen molar-refractivity contribution in [2.45, 2.75) is 13.2 Å². The Morgan fingerprint density at radius 2 is 2.30 bits per heavy atom. The lowest BCUT2D eigenvalue weighted by molar-refractivity contribution is -0.134. The molecule has 1 unspecified atom stereocenters. The minimum absolute atomic E-state index is 0.0686. The Balaban J connectivity index is 3.50. The third kappa shape index (κ3) is 4.05. The molecule has 0 amide bonds. The maximum absolute atomic E-state index is 10.1. The van der Waals surface area contributed by atoms with Crippen LogP contribution in [0, 0.1) is 0 Å². The van der Waals surface area contributed by atoms with Crippen molar-refractivity contribution >= 4 is 5.97 Å². The van der Waals surface area contributed by atoms with Crippen LogP contribution in [0.25, 0.3) is 0 Å². The van der Waals surface area contributed by atoms with Crippen molar-refractivity contribution in [3.05, 3.63) is 12.2 Å². The number of aliphatic hydroxyl groups excluding tert-OH is 1. The van der Waals surface area contributed by atoms with Gasteiger partial charge in [0.05, 0.1) is 12.2 Å². The molecule has 0 heterocycles. The molecule has 0 aromatic carbocycles. The summed E-state index contributed by atoms with van der Waals surface area (Å²) < 4.78 is 4.54. The number of hydrogen-bond acceptors (Lipinski definition) is 3. The average molecular weight is 146 g/mol. The first-order valence-corrected chi connectivity index (χ1v) is 2.74. The highest BCUT2D eigenvalue weighted by Crippen LogP contribution is 1.93. The van der Waals surface area contributed by atoms with E-state index in [2.05, 4.69) is 11.3 Å². The van der Waals surface area contributed by atoms with Gasteiger partial charge in [-0.1, -0.05) is 6.58 Å². The topological polar surface area (TPSA) is 66.8 Å². The largest absolute Gasteiger partial charge is 0.478 e. The fourth-order valence-electron chi connectivity index (χ4n) is 0.283. The van der Waals surface area contributed by atoms with Crippen molar-refractivity contribution in [2.24, 2.45) is 0 Å². The van der Waals surface area contributed by atoms with Gasteiger partial charge in [0.25, 0.3) is 0 Å². The van der Waals surface area contributed by atoms with Crippen LogP contribution in [0.5, 0.6) is 0 Å². The van der Waals surface area contributed by atoms with Gasteiger partial charge in [0.2, 0.25) is 0 Å². The summed E-state index contributed by atoms with van der Waals surface area (Å²) in [5, 5.41) is 16.8. The van der Waals surface area contributed by atoms with Crippen LogP contribution in [0.4, 0.5) is 0 Å². The Hall–Kier alpha value is -0.870. The van der Waals surface area contributed by atoms with E-state index >= 15 is 0 Å². The smallest absolute Gasteiger partial charge is 0.333 e. The summed E-state index contributed by atoms with van der Waals surface area (Å²) in [6, 6.07) is 0. The molecule has 0 rings (SSSR count). The van der Waals surface area contributed by atoms with Gasteiger partial charge in [0, 0.05) is 0 Å². The fourth-order valence-corrected chi connectivity index (χ4v) is 0.283. The van der Waals surface area contributed by atoms with E-state index in [0.717, 1.165) is 0 Å². The molecule has 0 aliphatic carbocycles. The standard InChI is InChI=1S/C6H10O4/c1-4(6(8)9)3-10-5(2)7/h5,7H,1,3H2,2H3,(H,8,9). The van der Waals surface area contributed by atoms with Gasteiger partial charge in [-0.05, 0) is 6.92 Å². The molecule has 0 saturated heterocycles. The zero-order valence-electron chi connectivity index (χ0n) is 5.70. The van der Waals surface area contributed by atoms with Crippen LogP contribution >= 0.6 is 0 Å². The molecule has 2 N–H and O–H groups in total. The lowest BCUT2D eigenvalue weighted by Gasteiger charge is -2.04. The Morgan fingerprint density at radius 3 is 2.60 bits per heavy atom. The Labute approximate surface area is 58.7 Å². The molecule has 0 aromatic heterocycles. The summed E-state index contributed by atoms with van der Waals surface area (Å²) >= 11 is 0. The summed E-state index contributed by atoms with van der Waals surface area (Å²) in [6.07, 6.45) is -0.948. The van der Waals surface area contributed by atoms with Gasteiger partial charge in [-0.3, -0.25) is 0 Å². The zero-order valence-corrected chi connectivity index (χ0v) is 5.70. The van der Waals surface area contributed by atoms with Gasteiger partial charge in [0.15, 0.2) is 6.29 Å². The van der Waals surface area contributed by atoms with Crippen molar-refractivity contribution < 1.29 is 19.7 Å². The normalized spacial score (nSPS) is 12.6. The summed E-state index contributed by atoms with van der Waals surface area (Å²) in [5.41, 5.74) is -0.0686. The van der Waals surface area contributed by atoms with Gasteiger partial charge >= 0.3 is 5.97 Å². The zero-order chi connectivity index (χ0) is 8.15. The van der Waals surface area contributed by atoms with Crippen LogP contribution in [-0.4, -0.2) is 29.1 Å². The number of carboxylic acids is 1. The third-order valence-electron chi connectivity index (χ3n) is 0.801. The van der Waals surface area contributed by atoms with E-state index < -0.39 is 12.3 Å². The van der Waals surface area contributed by atoms with E-state index in [4.69, 9.17) is 10.2 Å². The predicted octanol–water partition coefficient (Wildman–Crippen LogP) is -0.0179. The third-order valence-corrected chi connectivity index (χ3v) is 0.801. The van der Waals surface area contributed by atoms with Crippen LogP contribution in [0.2, 0.25) is 0 Å². The number of carboxylic acid groups (broad SMARTS) is 1. The second kappa shape index (κ2) is 4.03. The Morgan fingerprint density at radius 1 is 1.80 bits per heavy atom. The molecule has 0 saturated carbocycles. The van der Waals surface area contributed by atoms with E-state index in [1.54, 1.807) is 0 Å². The van der Waals surface area contributed by atoms with Gasteiger partial charge in [0.1, 0.15) is 0 Å². The molecule has 0 bridgehead atoms. The molecule has 10 heavy (non-hydrogen) atoms. The molecule has 58 valence electrons. The molecule has 0 fully saturated rings. The fraction of sp³-hybridized carbons (Fsp3) is 0.500. The molecule has 0 aliphatic heterocycles. The van der Waals surface area contributed by atoms with Crippen molar-refractivity contribution in [1.29, 1.82) is 0 Å². The quantitative estimate of drug-likeness (QED) is 0.432. The summed E-state index contributed by atoms with van der Waals surface area (Å²) in [4.78, 5) is 10.1. The first-order chi connectivity index (χ1) is 4.54. The predicted molar refractivity (Wildman–Crippen MR) is 34.4 cm³/mol. The van der Waals surface area contributed by atoms with Gasteiger partial charge in [-0.25, -0.2) is 4.79 Å². The molecular weight excluding hydrogens is 136 g/mol. The van der Waals surface area contributed by atoms with E-state index in [0.29, 0.717) is 0 Å². The molecule has 0 aliphatic rings. The molecule has 4 nitrogen and oxygen atoms in total. The molecular formula is C6H10O4. The minimum atomic E-state index is -1.11. The van der Waals surface area contributed by atoms with Crippen LogP contribution in [0.3, 0.4) is 0 Å². The summed E-state index contributed by atoms with van der Waals surface area (Å²) in [7, 11) is 0. The van der Waals surface area contributed by atoms with Gasteiger partial charge < -0.3 is 14.9 Å². The van der Waals surface area contributed by atoms with E-state index in [1.165, 1.54) is 6.92 Å². The first-order valence-electron chi connectivity index (χ1n) is 2.74. The van der Waals surface area contributed by atoms with E-state index in [1.807, 2.05) is 0 Å². The Kier molecular flexibility index (Phi) is 3.68. The van der Waals surface area contributed by atoms with Gasteiger partial charge in [-0.2, -0.15) is 0 Å².